The van der Waals surface area contributed by atoms with Gasteiger partial charge in [-0.05, 0) is 64.8 Å². The number of amidine groups is 2. The number of benzene rings is 10. The maximum atomic E-state index is 7.43. The minimum atomic E-state index is -3.10. The van der Waals surface area contributed by atoms with Gasteiger partial charge in [-0.25, -0.2) is 4.99 Å². The lowest BCUT2D eigenvalue weighted by atomic mass is 10.0. The molecule has 10 aromatic rings. The quantitative estimate of drug-likeness (QED) is 0.0613. The van der Waals surface area contributed by atoms with Crippen LogP contribution in [0.4, 0.5) is 0 Å². The first-order valence-electron chi connectivity index (χ1n) is 23.5. The summed E-state index contributed by atoms with van der Waals surface area (Å²) in [6.07, 6.45) is 0. The zero-order valence-corrected chi connectivity index (χ0v) is 40.1. The highest BCUT2D eigenvalue weighted by Crippen LogP contribution is 2.37. The summed E-state index contributed by atoms with van der Waals surface area (Å²) in [6, 6.07) is 97.8. The van der Waals surface area contributed by atoms with Crippen LogP contribution in [-0.4, -0.2) is 27.8 Å². The van der Waals surface area contributed by atoms with E-state index in [2.05, 4.69) is 224 Å². The molecule has 0 aliphatic carbocycles. The molecule has 330 valence electrons. The molecule has 0 bridgehead atoms. The molecule has 69 heavy (non-hydrogen) atoms. The van der Waals surface area contributed by atoms with E-state index in [-0.39, 0.29) is 0 Å². The van der Waals surface area contributed by atoms with Crippen LogP contribution < -0.4 is 52.0 Å². The van der Waals surface area contributed by atoms with Crippen LogP contribution in [0.25, 0.3) is 11.1 Å². The van der Waals surface area contributed by atoms with Crippen molar-refractivity contribution >= 4 is 69.3 Å². The Morgan fingerprint density at radius 3 is 1.48 bits per heavy atom. The van der Waals surface area contributed by atoms with E-state index in [0.29, 0.717) is 18.2 Å². The van der Waals surface area contributed by atoms with Crippen LogP contribution in [0.3, 0.4) is 0 Å². The van der Waals surface area contributed by atoms with Crippen LogP contribution in [0.15, 0.2) is 283 Å². The van der Waals surface area contributed by atoms with E-state index in [4.69, 9.17) is 20.5 Å². The molecule has 0 fully saturated rings. The Morgan fingerprint density at radius 2 is 0.913 bits per heavy atom. The van der Waals surface area contributed by atoms with E-state index >= 15 is 0 Å². The van der Waals surface area contributed by atoms with Gasteiger partial charge in [0, 0.05) is 16.7 Å². The molecule has 0 aromatic heterocycles. The Balaban J connectivity index is 1.22. The van der Waals surface area contributed by atoms with Crippen molar-refractivity contribution in [2.45, 2.75) is 6.54 Å². The molecule has 1 aliphatic rings. The zero-order valence-electron chi connectivity index (χ0n) is 38.1. The molecule has 6 heteroatoms. The molecule has 11 rings (SSSR count). The fourth-order valence-corrected chi connectivity index (χ4v) is 20.2. The van der Waals surface area contributed by atoms with E-state index in [1.54, 1.807) is 0 Å². The zero-order chi connectivity index (χ0) is 46.5. The predicted octanol–water partition coefficient (Wildman–Crippen LogP) is 8.57. The average Bonchev–Trinajstić information content (AvgIpc) is 3.43. The van der Waals surface area contributed by atoms with Crippen LogP contribution in [0, 0.1) is 0 Å². The van der Waals surface area contributed by atoms with Crippen LogP contribution in [0.5, 0.6) is 11.5 Å². The normalized spacial score (nSPS) is 13.2. The summed E-state index contributed by atoms with van der Waals surface area (Å²) in [5, 5.41) is 9.96. The molecule has 0 radical (unpaired) electrons. The van der Waals surface area contributed by atoms with E-state index < -0.39 is 16.1 Å². The number of ether oxygens (including phenoxy) is 1. The van der Waals surface area contributed by atoms with E-state index in [1.807, 2.05) is 48.5 Å². The van der Waals surface area contributed by atoms with Gasteiger partial charge in [0.1, 0.15) is 17.3 Å². The molecule has 0 saturated heterocycles. The van der Waals surface area contributed by atoms with Crippen LogP contribution in [0.1, 0.15) is 16.7 Å². The van der Waals surface area contributed by atoms with E-state index in [9.17, 15) is 0 Å². The average molecular weight is 920 g/mol. The van der Waals surface area contributed by atoms with Crippen molar-refractivity contribution in [2.75, 3.05) is 0 Å². The van der Waals surface area contributed by atoms with Gasteiger partial charge in [0.05, 0.1) is 6.54 Å². The summed E-state index contributed by atoms with van der Waals surface area (Å²) >= 11 is 0. The van der Waals surface area contributed by atoms with Crippen molar-refractivity contribution < 1.29 is 4.74 Å². The third-order valence-electron chi connectivity index (χ3n) is 13.4. The van der Waals surface area contributed by atoms with E-state index in [0.717, 1.165) is 39.3 Å². The summed E-state index contributed by atoms with van der Waals surface area (Å²) in [4.78, 5) is 10.4. The second-order valence-corrected chi connectivity index (χ2v) is 24.9. The number of nitrogens with zero attached hydrogens (tertiary/aromatic N) is 2. The Bertz CT molecular complexity index is 3290. The third-order valence-corrected chi connectivity index (χ3v) is 23.0. The first-order valence-corrected chi connectivity index (χ1v) is 27.5. The lowest BCUT2D eigenvalue weighted by Gasteiger charge is -2.40. The smallest absolute Gasteiger partial charge is 0.188 e. The standard InChI is InChI=1S/C63H49N3OSi2/c64-62(66-63(48-27-10-2-11-28-48)65-46-47-25-8-1-9-26-47)50-43-49(44-56(45-50)68(51-29-12-3-13-30-51,52-31-14-4-15-32-52)53-33-16-5-17-34-53)57-39-24-42-60-61(57)67-58-40-22-23-41-59(58)69(60,54-35-18-6-19-36-54)55-37-20-7-21-38-55/h1-45H,46H2,(H2,64,65,66). The van der Waals surface area contributed by atoms with Crippen molar-refractivity contribution in [3.05, 3.63) is 290 Å². The van der Waals surface area contributed by atoms with Gasteiger partial charge in [-0.15, -0.1) is 0 Å². The van der Waals surface area contributed by atoms with Gasteiger partial charge >= 0.3 is 0 Å². The van der Waals surface area contributed by atoms with Crippen LogP contribution >= 0.6 is 0 Å². The number of aliphatic imine (C=N–C) groups is 2. The Hall–Kier alpha value is -8.43. The van der Waals surface area contributed by atoms with Crippen molar-refractivity contribution in [1.29, 1.82) is 0 Å². The summed E-state index contributed by atoms with van der Waals surface area (Å²) < 4.78 is 7.30. The molecule has 0 spiro atoms. The Kier molecular flexibility index (Phi) is 11.9. The largest absolute Gasteiger partial charge is 0.457 e. The first-order chi connectivity index (χ1) is 34.1. The SMILES string of the molecule is N/C(=N\C(=N/Cc1ccccc1)c1ccccc1)c1cc(-c2cccc3c2Oc2ccccc2[Si]3(c2ccccc2)c2ccccc2)cc([Si](c2ccccc2)(c2ccccc2)c2ccccc2)c1. The number of nitrogens with two attached hydrogens (primary N) is 1. The molecule has 0 unspecified atom stereocenters. The molecule has 1 aliphatic heterocycles. The Labute approximate surface area is 406 Å². The highest BCUT2D eigenvalue weighted by molar-refractivity contribution is 7.21. The fraction of sp³-hybridized carbons (Fsp3) is 0.0159. The van der Waals surface area contributed by atoms with Gasteiger partial charge in [0.25, 0.3) is 0 Å². The lowest BCUT2D eigenvalue weighted by Crippen LogP contribution is -2.76. The maximum absolute atomic E-state index is 7.43. The third kappa shape index (κ3) is 7.95. The molecule has 0 amide bonds. The predicted molar refractivity (Wildman–Crippen MR) is 293 cm³/mol. The van der Waals surface area contributed by atoms with Gasteiger partial charge in [-0.3, -0.25) is 4.99 Å². The summed E-state index contributed by atoms with van der Waals surface area (Å²) in [5.74, 6) is 2.67. The molecular weight excluding hydrogens is 871 g/mol. The highest BCUT2D eigenvalue weighted by atomic mass is 28.3. The topological polar surface area (TPSA) is 60.0 Å². The second kappa shape index (κ2) is 19.1. The molecule has 2 N–H and O–H groups in total. The van der Waals surface area contributed by atoms with Crippen molar-refractivity contribution in [3.8, 4) is 22.6 Å². The molecule has 4 nitrogen and oxygen atoms in total. The van der Waals surface area contributed by atoms with Crippen molar-refractivity contribution in [2.24, 2.45) is 15.7 Å². The molecule has 10 aromatic carbocycles. The van der Waals surface area contributed by atoms with Crippen LogP contribution in [0.2, 0.25) is 0 Å². The number of hydrogen-bond acceptors (Lipinski definition) is 2. The van der Waals surface area contributed by atoms with Crippen LogP contribution in [-0.2, 0) is 6.54 Å². The van der Waals surface area contributed by atoms with Gasteiger partial charge < -0.3 is 10.5 Å². The minimum Gasteiger partial charge on any atom is -0.457 e. The maximum Gasteiger partial charge on any atom is 0.188 e. The fourth-order valence-electron chi connectivity index (χ4n) is 10.4. The van der Waals surface area contributed by atoms with E-state index in [1.165, 1.54) is 41.5 Å². The summed E-state index contributed by atoms with van der Waals surface area (Å²) in [5.41, 5.74) is 12.2. The molecule has 1 heterocycles. The lowest BCUT2D eigenvalue weighted by molar-refractivity contribution is 0.489. The Morgan fingerprint density at radius 1 is 0.435 bits per heavy atom. The summed E-state index contributed by atoms with van der Waals surface area (Å²) in [7, 11) is -6.07. The molecule has 0 atom stereocenters. The number of rotatable bonds is 11. The number of fused-ring (bicyclic) bond motifs is 2. The number of hydrogen-bond donors (Lipinski definition) is 1. The van der Waals surface area contributed by atoms with Crippen molar-refractivity contribution in [3.63, 3.8) is 0 Å². The monoisotopic (exact) mass is 919 g/mol. The van der Waals surface area contributed by atoms with Gasteiger partial charge in [0.2, 0.25) is 0 Å². The minimum absolute atomic E-state index is 0.374. The first kappa shape index (κ1) is 43.2. The summed E-state index contributed by atoms with van der Waals surface area (Å²) in [6.45, 7) is 0.461. The number of para-hydroxylation sites is 2. The second-order valence-electron chi connectivity index (χ2n) is 17.4. The molecular formula is C63H49N3OSi2. The molecule has 0 saturated carbocycles. The highest BCUT2D eigenvalue weighted by Gasteiger charge is 2.49. The van der Waals surface area contributed by atoms with Gasteiger partial charge in [0.15, 0.2) is 22.0 Å². The van der Waals surface area contributed by atoms with Crippen molar-refractivity contribution in [1.82, 2.24) is 0 Å². The van der Waals surface area contributed by atoms with Gasteiger partial charge in [-0.1, -0.05) is 261 Å². The van der Waals surface area contributed by atoms with Gasteiger partial charge in [-0.2, -0.15) is 0 Å².